The summed E-state index contributed by atoms with van der Waals surface area (Å²) in [5.74, 6) is 0.354. The zero-order valence-corrected chi connectivity index (χ0v) is 13.6. The molecule has 2 aromatic rings. The molecule has 6 rings (SSSR count). The van der Waals surface area contributed by atoms with Gasteiger partial charge in [-0.2, -0.15) is 0 Å². The molecule has 2 unspecified atom stereocenters. The van der Waals surface area contributed by atoms with Crippen molar-refractivity contribution in [1.82, 2.24) is 4.98 Å². The zero-order chi connectivity index (χ0) is 16.3. The first-order chi connectivity index (χ1) is 11.5. The number of aromatic nitrogens is 1. The van der Waals surface area contributed by atoms with E-state index in [1.807, 2.05) is 12.3 Å². The van der Waals surface area contributed by atoms with Gasteiger partial charge in [-0.15, -0.1) is 0 Å². The molecular weight excluding hydrogens is 298 g/mol. The van der Waals surface area contributed by atoms with E-state index in [1.165, 1.54) is 16.7 Å². The number of carbonyl (C=O) groups is 2. The summed E-state index contributed by atoms with van der Waals surface area (Å²) in [6.45, 7) is 2.10. The summed E-state index contributed by atoms with van der Waals surface area (Å²) >= 11 is 0. The van der Waals surface area contributed by atoms with Gasteiger partial charge < -0.3 is 0 Å². The molecule has 3 nitrogen and oxygen atoms in total. The lowest BCUT2D eigenvalue weighted by Gasteiger charge is -2.50. The van der Waals surface area contributed by atoms with Crippen LogP contribution in [0.4, 0.5) is 0 Å². The summed E-state index contributed by atoms with van der Waals surface area (Å²) in [6, 6.07) is 10.6. The molecule has 1 aromatic carbocycles. The third-order valence-electron chi connectivity index (χ3n) is 7.38. The lowest BCUT2D eigenvalue weighted by atomic mass is 9.52. The van der Waals surface area contributed by atoms with Gasteiger partial charge in [-0.1, -0.05) is 29.8 Å². The molecule has 0 N–H and O–H groups in total. The highest BCUT2D eigenvalue weighted by Crippen LogP contribution is 2.78. The van der Waals surface area contributed by atoms with Crippen molar-refractivity contribution in [2.45, 2.75) is 43.4 Å². The Morgan fingerprint density at radius 3 is 2.42 bits per heavy atom. The van der Waals surface area contributed by atoms with Crippen LogP contribution in [0.5, 0.6) is 0 Å². The topological polar surface area (TPSA) is 47.0 Å². The Labute approximate surface area is 140 Å². The molecule has 0 radical (unpaired) electrons. The first-order valence-electron chi connectivity index (χ1n) is 8.66. The van der Waals surface area contributed by atoms with Crippen molar-refractivity contribution in [3.05, 3.63) is 53.2 Å². The van der Waals surface area contributed by atoms with Crippen molar-refractivity contribution < 1.29 is 9.59 Å². The number of benzene rings is 1. The first kappa shape index (κ1) is 13.1. The Morgan fingerprint density at radius 1 is 0.958 bits per heavy atom. The Morgan fingerprint density at radius 2 is 1.67 bits per heavy atom. The average molecular weight is 315 g/mol. The number of rotatable bonds is 0. The van der Waals surface area contributed by atoms with Gasteiger partial charge in [-0.05, 0) is 37.0 Å². The van der Waals surface area contributed by atoms with Crippen molar-refractivity contribution in [2.75, 3.05) is 0 Å². The lowest BCUT2D eigenvalue weighted by Crippen LogP contribution is -2.48. The Bertz CT molecular complexity index is 993. The molecule has 3 bridgehead atoms. The van der Waals surface area contributed by atoms with Crippen LogP contribution in [-0.2, 0) is 20.4 Å². The fourth-order valence-corrected chi connectivity index (χ4v) is 6.49. The van der Waals surface area contributed by atoms with Gasteiger partial charge in [-0.25, -0.2) is 0 Å². The number of fused-ring (bicyclic) bond motifs is 3. The first-order valence-corrected chi connectivity index (χ1v) is 8.66. The maximum absolute atomic E-state index is 12.8. The molecule has 24 heavy (non-hydrogen) atoms. The molecule has 3 saturated carbocycles. The molecule has 1 heterocycles. The van der Waals surface area contributed by atoms with Gasteiger partial charge in [0.15, 0.2) is 0 Å². The third kappa shape index (κ3) is 1.06. The SMILES string of the molecule is Cc1ccc2c(c1)C13CC(=O)[C@]4(C1)CC3(CC4=O)c1cccnc1-2. The number of pyridine rings is 1. The van der Waals surface area contributed by atoms with Gasteiger partial charge >= 0.3 is 0 Å². The minimum atomic E-state index is -0.710. The quantitative estimate of drug-likeness (QED) is 0.701. The van der Waals surface area contributed by atoms with E-state index in [9.17, 15) is 9.59 Å². The Kier molecular flexibility index (Phi) is 1.92. The molecule has 0 amide bonds. The molecule has 3 fully saturated rings. The predicted molar refractivity (Wildman–Crippen MR) is 88.7 cm³/mol. The minimum Gasteiger partial charge on any atom is -0.299 e. The fourth-order valence-electron chi connectivity index (χ4n) is 6.49. The van der Waals surface area contributed by atoms with Gasteiger partial charge in [0.25, 0.3) is 0 Å². The zero-order valence-electron chi connectivity index (χ0n) is 13.6. The normalized spacial score (nSPS) is 37.4. The van der Waals surface area contributed by atoms with Crippen molar-refractivity contribution in [1.29, 1.82) is 0 Å². The van der Waals surface area contributed by atoms with Gasteiger partial charge in [0.1, 0.15) is 11.6 Å². The summed E-state index contributed by atoms with van der Waals surface area (Å²) in [5, 5.41) is 0. The van der Waals surface area contributed by atoms with Crippen molar-refractivity contribution in [3.63, 3.8) is 0 Å². The highest BCUT2D eigenvalue weighted by molar-refractivity contribution is 6.15. The summed E-state index contributed by atoms with van der Waals surface area (Å²) in [7, 11) is 0. The number of aryl methyl sites for hydroxylation is 1. The molecule has 118 valence electrons. The second-order valence-corrected chi connectivity index (χ2v) is 8.25. The summed E-state index contributed by atoms with van der Waals surface area (Å²) in [6.07, 6.45) is 4.27. The van der Waals surface area contributed by atoms with Crippen LogP contribution in [0.2, 0.25) is 0 Å². The van der Waals surface area contributed by atoms with E-state index in [2.05, 4.69) is 36.2 Å². The van der Waals surface area contributed by atoms with Crippen molar-refractivity contribution >= 4 is 11.6 Å². The van der Waals surface area contributed by atoms with Crippen LogP contribution in [-0.4, -0.2) is 16.6 Å². The fraction of sp³-hybridized carbons (Fsp3) is 0.381. The van der Waals surface area contributed by atoms with Gasteiger partial charge in [-0.3, -0.25) is 14.6 Å². The van der Waals surface area contributed by atoms with Crippen molar-refractivity contribution in [3.8, 4) is 11.3 Å². The van der Waals surface area contributed by atoms with E-state index in [-0.39, 0.29) is 22.4 Å². The summed E-state index contributed by atoms with van der Waals surface area (Å²) in [5.41, 5.74) is 4.71. The van der Waals surface area contributed by atoms with Crippen molar-refractivity contribution in [2.24, 2.45) is 5.41 Å². The van der Waals surface area contributed by atoms with E-state index in [4.69, 9.17) is 0 Å². The van der Waals surface area contributed by atoms with Gasteiger partial charge in [0, 0.05) is 35.4 Å². The molecule has 4 aliphatic rings. The second-order valence-electron chi connectivity index (χ2n) is 8.25. The molecule has 0 aliphatic heterocycles. The Balaban J connectivity index is 1.79. The van der Waals surface area contributed by atoms with Crippen LogP contribution in [0.15, 0.2) is 36.5 Å². The van der Waals surface area contributed by atoms with E-state index in [1.54, 1.807) is 0 Å². The van der Waals surface area contributed by atoms with Gasteiger partial charge in [0.2, 0.25) is 0 Å². The van der Waals surface area contributed by atoms with Crippen LogP contribution >= 0.6 is 0 Å². The molecule has 1 aromatic heterocycles. The number of hydrogen-bond acceptors (Lipinski definition) is 3. The van der Waals surface area contributed by atoms with Crippen LogP contribution in [0.25, 0.3) is 11.3 Å². The molecule has 4 aliphatic carbocycles. The van der Waals surface area contributed by atoms with Gasteiger partial charge in [0.05, 0.1) is 11.1 Å². The molecule has 3 heteroatoms. The highest BCUT2D eigenvalue weighted by atomic mass is 16.2. The monoisotopic (exact) mass is 315 g/mol. The molecular formula is C21H17NO2. The second kappa shape index (κ2) is 3.53. The van der Waals surface area contributed by atoms with Crippen LogP contribution in [0.1, 0.15) is 42.4 Å². The standard InChI is InChI=1S/C21H17NO2/c1-12-4-5-13-15(7-12)21-9-17(24)19(11-21)10-20(21,8-16(19)23)14-3-2-6-22-18(13)14/h2-7H,8-11H2,1H3/t19-,20?,21?/m0/s1. The highest BCUT2D eigenvalue weighted by Gasteiger charge is 2.80. The summed E-state index contributed by atoms with van der Waals surface area (Å²) in [4.78, 5) is 30.4. The molecule has 0 saturated heterocycles. The number of Topliss-reactive ketones (excluding diaryl/α,β-unsaturated/α-hetero) is 2. The number of hydrogen-bond donors (Lipinski definition) is 0. The van der Waals surface area contributed by atoms with Crippen LogP contribution < -0.4 is 0 Å². The van der Waals surface area contributed by atoms with E-state index in [0.717, 1.165) is 11.3 Å². The maximum atomic E-state index is 12.8. The van der Waals surface area contributed by atoms with E-state index in [0.29, 0.717) is 25.7 Å². The number of carbonyl (C=O) groups excluding carboxylic acids is 2. The maximum Gasteiger partial charge on any atom is 0.147 e. The summed E-state index contributed by atoms with van der Waals surface area (Å²) < 4.78 is 0. The predicted octanol–water partition coefficient (Wildman–Crippen LogP) is 3.27. The smallest absolute Gasteiger partial charge is 0.147 e. The molecule has 3 spiro atoms. The lowest BCUT2D eigenvalue weighted by molar-refractivity contribution is -0.136. The largest absolute Gasteiger partial charge is 0.299 e. The molecule has 3 atom stereocenters. The average Bonchev–Trinajstić information content (AvgIpc) is 3.14. The Hall–Kier alpha value is -2.29. The minimum absolute atomic E-state index is 0.173. The van der Waals surface area contributed by atoms with E-state index < -0.39 is 5.41 Å². The van der Waals surface area contributed by atoms with Crippen LogP contribution in [0.3, 0.4) is 0 Å². The third-order valence-corrected chi connectivity index (χ3v) is 7.38. The van der Waals surface area contributed by atoms with E-state index >= 15 is 0 Å². The number of nitrogens with zero attached hydrogens (tertiary/aromatic N) is 1. The number of ketones is 2. The van der Waals surface area contributed by atoms with Crippen LogP contribution in [0, 0.1) is 12.3 Å².